The van der Waals surface area contributed by atoms with Gasteiger partial charge in [0.15, 0.2) is 5.78 Å². The second kappa shape index (κ2) is 5.33. The third-order valence-electron chi connectivity index (χ3n) is 6.40. The number of ether oxygens (including phenoxy) is 1. The number of rotatable bonds is 3. The number of hydrogen-bond donors (Lipinski definition) is 0. The first-order valence-electron chi connectivity index (χ1n) is 8.79. The second-order valence-electron chi connectivity index (χ2n) is 8.39. The van der Waals surface area contributed by atoms with E-state index in [1.807, 2.05) is 6.92 Å². The van der Waals surface area contributed by atoms with Gasteiger partial charge in [-0.15, -0.1) is 0 Å². The SMILES string of the molecule is CC(C)=CCC[C@@]1(C)[C@H]2/C=C(/C)C(=O)C[C@H]3O[C@]3(C)CC[C@@H]21. The highest BCUT2D eigenvalue weighted by Crippen LogP contribution is 2.65. The summed E-state index contributed by atoms with van der Waals surface area (Å²) in [6.45, 7) is 10.9. The molecule has 2 heteroatoms. The molecule has 0 aromatic rings. The van der Waals surface area contributed by atoms with Crippen molar-refractivity contribution in [2.24, 2.45) is 17.3 Å². The lowest BCUT2D eigenvalue weighted by molar-refractivity contribution is -0.115. The lowest BCUT2D eigenvalue weighted by Crippen LogP contribution is -2.15. The Bertz CT molecular complexity index is 540. The predicted octanol–water partition coefficient (Wildman–Crippen LogP) is 4.84. The quantitative estimate of drug-likeness (QED) is 0.551. The summed E-state index contributed by atoms with van der Waals surface area (Å²) in [7, 11) is 0. The highest BCUT2D eigenvalue weighted by Gasteiger charge is 2.61. The Morgan fingerprint density at radius 2 is 2.14 bits per heavy atom. The van der Waals surface area contributed by atoms with Gasteiger partial charge in [-0.25, -0.2) is 0 Å². The molecule has 1 heterocycles. The van der Waals surface area contributed by atoms with E-state index in [9.17, 15) is 4.79 Å². The Morgan fingerprint density at radius 3 is 2.82 bits per heavy atom. The maximum absolute atomic E-state index is 12.3. The van der Waals surface area contributed by atoms with E-state index in [0.717, 1.165) is 24.3 Å². The number of Topliss-reactive ketones (excluding diaryl/α,β-unsaturated/α-hetero) is 1. The van der Waals surface area contributed by atoms with Crippen LogP contribution in [0, 0.1) is 17.3 Å². The molecule has 0 radical (unpaired) electrons. The van der Waals surface area contributed by atoms with Gasteiger partial charge in [0.05, 0.1) is 11.7 Å². The summed E-state index contributed by atoms with van der Waals surface area (Å²) < 4.78 is 5.85. The zero-order valence-corrected chi connectivity index (χ0v) is 14.7. The standard InChI is InChI=1S/C20H30O2/c1-13(2)7-6-9-19(4)15-8-10-20(5)18(22-20)12-17(21)14(3)11-16(15)19/h7,11,15-16,18H,6,8-10,12H2,1-5H3/b14-11-/t15-,16-,18+,19+,20+/m0/s1. The van der Waals surface area contributed by atoms with Crippen molar-refractivity contribution in [3.63, 3.8) is 0 Å². The molecule has 3 aliphatic rings. The summed E-state index contributed by atoms with van der Waals surface area (Å²) in [6.07, 6.45) is 10.1. The Kier molecular flexibility index (Phi) is 3.87. The first-order valence-corrected chi connectivity index (χ1v) is 8.79. The lowest BCUT2D eigenvalue weighted by atomic mass is 9.92. The molecule has 1 saturated heterocycles. The molecule has 122 valence electrons. The molecule has 0 amide bonds. The van der Waals surface area contributed by atoms with Crippen LogP contribution in [0.3, 0.4) is 0 Å². The summed E-state index contributed by atoms with van der Waals surface area (Å²) in [5, 5.41) is 0. The average Bonchev–Trinajstić information content (AvgIpc) is 3.23. The van der Waals surface area contributed by atoms with E-state index in [4.69, 9.17) is 4.74 Å². The molecule has 2 nitrogen and oxygen atoms in total. The molecule has 2 aliphatic carbocycles. The topological polar surface area (TPSA) is 29.6 Å². The van der Waals surface area contributed by atoms with Gasteiger partial charge in [-0.1, -0.05) is 24.6 Å². The van der Waals surface area contributed by atoms with Crippen molar-refractivity contribution in [3.8, 4) is 0 Å². The third-order valence-corrected chi connectivity index (χ3v) is 6.40. The van der Waals surface area contributed by atoms with Crippen LogP contribution < -0.4 is 0 Å². The second-order valence-corrected chi connectivity index (χ2v) is 8.39. The van der Waals surface area contributed by atoms with E-state index in [-0.39, 0.29) is 17.5 Å². The third kappa shape index (κ3) is 2.82. The van der Waals surface area contributed by atoms with Gasteiger partial charge in [-0.2, -0.15) is 0 Å². The van der Waals surface area contributed by atoms with Crippen LogP contribution in [0.15, 0.2) is 23.3 Å². The van der Waals surface area contributed by atoms with Crippen molar-refractivity contribution in [1.82, 2.24) is 0 Å². The lowest BCUT2D eigenvalue weighted by Gasteiger charge is -2.11. The van der Waals surface area contributed by atoms with E-state index >= 15 is 0 Å². The molecule has 0 spiro atoms. The Labute approximate surface area is 135 Å². The van der Waals surface area contributed by atoms with Crippen LogP contribution in [0.5, 0.6) is 0 Å². The van der Waals surface area contributed by atoms with E-state index in [0.29, 0.717) is 17.8 Å². The largest absolute Gasteiger partial charge is 0.366 e. The van der Waals surface area contributed by atoms with Crippen molar-refractivity contribution >= 4 is 5.78 Å². The fourth-order valence-corrected chi connectivity index (χ4v) is 4.44. The van der Waals surface area contributed by atoms with Crippen molar-refractivity contribution in [2.75, 3.05) is 0 Å². The van der Waals surface area contributed by atoms with Gasteiger partial charge in [-0.3, -0.25) is 4.79 Å². The minimum atomic E-state index is -0.0265. The van der Waals surface area contributed by atoms with Crippen LogP contribution >= 0.6 is 0 Å². The zero-order chi connectivity index (χ0) is 16.1. The highest BCUT2D eigenvalue weighted by atomic mass is 16.6. The van der Waals surface area contributed by atoms with Gasteiger partial charge in [0, 0.05) is 6.42 Å². The molecule has 0 bridgehead atoms. The molecular formula is C20H30O2. The summed E-state index contributed by atoms with van der Waals surface area (Å²) >= 11 is 0. The summed E-state index contributed by atoms with van der Waals surface area (Å²) in [6, 6.07) is 0. The number of ketones is 1. The van der Waals surface area contributed by atoms with Crippen LogP contribution in [-0.4, -0.2) is 17.5 Å². The van der Waals surface area contributed by atoms with Crippen LogP contribution in [0.25, 0.3) is 0 Å². The molecule has 2 fully saturated rings. The molecular weight excluding hydrogens is 272 g/mol. The fraction of sp³-hybridized carbons (Fsp3) is 0.750. The van der Waals surface area contributed by atoms with Gasteiger partial charge >= 0.3 is 0 Å². The molecule has 3 rings (SSSR count). The molecule has 1 saturated carbocycles. The average molecular weight is 302 g/mol. The monoisotopic (exact) mass is 302 g/mol. The number of hydrogen-bond acceptors (Lipinski definition) is 2. The zero-order valence-electron chi connectivity index (χ0n) is 14.7. The molecule has 1 aliphatic heterocycles. The number of carbonyl (C=O) groups excluding carboxylic acids is 1. The highest BCUT2D eigenvalue weighted by molar-refractivity contribution is 5.95. The van der Waals surface area contributed by atoms with E-state index < -0.39 is 0 Å². The molecule has 22 heavy (non-hydrogen) atoms. The minimum absolute atomic E-state index is 0.0265. The molecule has 0 unspecified atom stereocenters. The number of allylic oxidation sites excluding steroid dienone is 4. The van der Waals surface area contributed by atoms with Crippen molar-refractivity contribution in [1.29, 1.82) is 0 Å². The number of epoxide rings is 1. The van der Waals surface area contributed by atoms with E-state index in [1.54, 1.807) is 0 Å². The fourth-order valence-electron chi connectivity index (χ4n) is 4.44. The van der Waals surface area contributed by atoms with Crippen LogP contribution in [0.1, 0.15) is 66.7 Å². The van der Waals surface area contributed by atoms with Crippen LogP contribution in [0.2, 0.25) is 0 Å². The Balaban J connectivity index is 1.75. The van der Waals surface area contributed by atoms with Gasteiger partial charge in [0.1, 0.15) is 0 Å². The van der Waals surface area contributed by atoms with Crippen molar-refractivity contribution < 1.29 is 9.53 Å². The molecule has 0 aromatic heterocycles. The number of fused-ring (bicyclic) bond motifs is 2. The summed E-state index contributed by atoms with van der Waals surface area (Å²) in [5.74, 6) is 1.59. The first-order chi connectivity index (χ1) is 10.3. The summed E-state index contributed by atoms with van der Waals surface area (Å²) in [5.41, 5.74) is 2.71. The molecule has 0 N–H and O–H groups in total. The van der Waals surface area contributed by atoms with Crippen molar-refractivity contribution in [3.05, 3.63) is 23.3 Å². The Hall–Kier alpha value is -0.890. The summed E-state index contributed by atoms with van der Waals surface area (Å²) in [4.78, 5) is 12.3. The van der Waals surface area contributed by atoms with Gasteiger partial charge in [0.2, 0.25) is 0 Å². The predicted molar refractivity (Wildman–Crippen MR) is 89.6 cm³/mol. The van der Waals surface area contributed by atoms with Gasteiger partial charge < -0.3 is 4.74 Å². The Morgan fingerprint density at radius 1 is 1.41 bits per heavy atom. The van der Waals surface area contributed by atoms with Crippen LogP contribution in [0.4, 0.5) is 0 Å². The van der Waals surface area contributed by atoms with Gasteiger partial charge in [-0.05, 0) is 76.2 Å². The van der Waals surface area contributed by atoms with Crippen LogP contribution in [-0.2, 0) is 9.53 Å². The molecule has 5 atom stereocenters. The normalized spacial score (nSPS) is 46.0. The maximum atomic E-state index is 12.3. The van der Waals surface area contributed by atoms with E-state index in [2.05, 4.69) is 39.8 Å². The van der Waals surface area contributed by atoms with E-state index in [1.165, 1.54) is 18.4 Å². The number of carbonyl (C=O) groups is 1. The smallest absolute Gasteiger partial charge is 0.160 e. The van der Waals surface area contributed by atoms with Gasteiger partial charge in [0.25, 0.3) is 0 Å². The molecule has 0 aromatic carbocycles. The first kappa shape index (κ1) is 16.0. The van der Waals surface area contributed by atoms with Crippen molar-refractivity contribution in [2.45, 2.75) is 78.4 Å². The maximum Gasteiger partial charge on any atom is 0.160 e. The minimum Gasteiger partial charge on any atom is -0.366 e.